The van der Waals surface area contributed by atoms with E-state index in [2.05, 4.69) is 81.4 Å². The highest BCUT2D eigenvalue weighted by Gasteiger charge is 2.17. The third kappa shape index (κ3) is 2.43. The van der Waals surface area contributed by atoms with Gasteiger partial charge >= 0.3 is 0 Å². The smallest absolute Gasteiger partial charge is 0.0606 e. The molecule has 1 atom stereocenters. The zero-order valence-electron chi connectivity index (χ0n) is 11.2. The minimum absolute atomic E-state index is 0.154. The van der Waals surface area contributed by atoms with Crippen LogP contribution in [0.15, 0.2) is 60.9 Å². The van der Waals surface area contributed by atoms with Crippen molar-refractivity contribution in [3.63, 3.8) is 0 Å². The molecular weight excluding hydrogens is 359 g/mol. The van der Waals surface area contributed by atoms with Crippen molar-refractivity contribution in [2.24, 2.45) is 0 Å². The Morgan fingerprint density at radius 2 is 1.70 bits per heavy atom. The van der Waals surface area contributed by atoms with Crippen LogP contribution in [0.5, 0.6) is 0 Å². The van der Waals surface area contributed by atoms with Crippen LogP contribution < -0.4 is 5.32 Å². The summed E-state index contributed by atoms with van der Waals surface area (Å²) in [5.41, 5.74) is 2.50. The van der Waals surface area contributed by atoms with E-state index in [9.17, 15) is 0 Å². The van der Waals surface area contributed by atoms with Crippen molar-refractivity contribution in [2.75, 3.05) is 7.05 Å². The Morgan fingerprint density at radius 3 is 2.50 bits per heavy atom. The summed E-state index contributed by atoms with van der Waals surface area (Å²) in [5, 5.41) is 5.85. The molecule has 0 aliphatic heterocycles. The molecule has 0 aliphatic rings. The van der Waals surface area contributed by atoms with Crippen LogP contribution in [0.4, 0.5) is 0 Å². The first-order chi connectivity index (χ1) is 9.81. The van der Waals surface area contributed by atoms with Crippen LogP contribution in [-0.2, 0) is 0 Å². The van der Waals surface area contributed by atoms with E-state index in [1.807, 2.05) is 19.4 Å². The lowest BCUT2D eigenvalue weighted by molar-refractivity contribution is 0.691. The SMILES string of the molecule is CNC(c1ccccc1I)c1cncc2ccccc12. The largest absolute Gasteiger partial charge is 0.309 e. The second kappa shape index (κ2) is 5.89. The summed E-state index contributed by atoms with van der Waals surface area (Å²) in [4.78, 5) is 4.39. The second-order valence-corrected chi connectivity index (χ2v) is 5.86. The number of aromatic nitrogens is 1. The summed E-state index contributed by atoms with van der Waals surface area (Å²) in [6.45, 7) is 0. The second-order valence-electron chi connectivity index (χ2n) is 4.69. The maximum absolute atomic E-state index is 4.39. The van der Waals surface area contributed by atoms with Gasteiger partial charge in [0, 0.05) is 21.4 Å². The van der Waals surface area contributed by atoms with Crippen molar-refractivity contribution in [2.45, 2.75) is 6.04 Å². The van der Waals surface area contributed by atoms with Gasteiger partial charge in [-0.1, -0.05) is 42.5 Å². The van der Waals surface area contributed by atoms with Gasteiger partial charge in [-0.25, -0.2) is 0 Å². The van der Waals surface area contributed by atoms with Gasteiger partial charge in [0.05, 0.1) is 6.04 Å². The molecule has 2 aromatic carbocycles. The average Bonchev–Trinajstić information content (AvgIpc) is 2.50. The fourth-order valence-electron chi connectivity index (χ4n) is 2.56. The Hall–Kier alpha value is -1.46. The van der Waals surface area contributed by atoms with E-state index in [0.29, 0.717) is 0 Å². The van der Waals surface area contributed by atoms with Gasteiger partial charge < -0.3 is 5.32 Å². The number of halogens is 1. The van der Waals surface area contributed by atoms with Crippen LogP contribution >= 0.6 is 22.6 Å². The number of hydrogen-bond acceptors (Lipinski definition) is 2. The fourth-order valence-corrected chi connectivity index (χ4v) is 3.26. The molecule has 3 rings (SSSR count). The average molecular weight is 374 g/mol. The summed E-state index contributed by atoms with van der Waals surface area (Å²) in [6.07, 6.45) is 3.88. The minimum Gasteiger partial charge on any atom is -0.309 e. The molecule has 100 valence electrons. The molecule has 0 radical (unpaired) electrons. The number of pyridine rings is 1. The summed E-state index contributed by atoms with van der Waals surface area (Å²) in [6, 6.07) is 17.0. The van der Waals surface area contributed by atoms with Gasteiger partial charge in [0.15, 0.2) is 0 Å². The molecule has 0 spiro atoms. The number of rotatable bonds is 3. The molecule has 3 heteroatoms. The molecule has 0 bridgehead atoms. The highest BCUT2D eigenvalue weighted by molar-refractivity contribution is 14.1. The van der Waals surface area contributed by atoms with Crippen molar-refractivity contribution < 1.29 is 0 Å². The van der Waals surface area contributed by atoms with Crippen LogP contribution in [0.3, 0.4) is 0 Å². The van der Waals surface area contributed by atoms with Gasteiger partial charge in [-0.05, 0) is 52.2 Å². The molecule has 0 saturated carbocycles. The number of fused-ring (bicyclic) bond motifs is 1. The monoisotopic (exact) mass is 374 g/mol. The van der Waals surface area contributed by atoms with Gasteiger partial charge in [0.25, 0.3) is 0 Å². The van der Waals surface area contributed by atoms with Crippen molar-refractivity contribution >= 4 is 33.4 Å². The maximum atomic E-state index is 4.39. The molecule has 0 aliphatic carbocycles. The minimum atomic E-state index is 0.154. The summed E-state index contributed by atoms with van der Waals surface area (Å²) >= 11 is 2.39. The Labute approximate surface area is 132 Å². The van der Waals surface area contributed by atoms with E-state index in [4.69, 9.17) is 0 Å². The van der Waals surface area contributed by atoms with Crippen molar-refractivity contribution in [3.8, 4) is 0 Å². The molecule has 1 N–H and O–H groups in total. The van der Waals surface area contributed by atoms with Gasteiger partial charge in [-0.2, -0.15) is 0 Å². The Morgan fingerprint density at radius 1 is 0.950 bits per heavy atom. The van der Waals surface area contributed by atoms with Crippen LogP contribution in [0.25, 0.3) is 10.8 Å². The molecule has 1 aromatic heterocycles. The summed E-state index contributed by atoms with van der Waals surface area (Å²) in [5.74, 6) is 0. The lowest BCUT2D eigenvalue weighted by Crippen LogP contribution is -2.19. The van der Waals surface area contributed by atoms with E-state index < -0.39 is 0 Å². The molecule has 0 amide bonds. The van der Waals surface area contributed by atoms with Crippen LogP contribution in [-0.4, -0.2) is 12.0 Å². The zero-order valence-corrected chi connectivity index (χ0v) is 13.3. The van der Waals surface area contributed by atoms with Gasteiger partial charge in [0.1, 0.15) is 0 Å². The number of nitrogens with one attached hydrogen (secondary N) is 1. The summed E-state index contributed by atoms with van der Waals surface area (Å²) < 4.78 is 1.26. The lowest BCUT2D eigenvalue weighted by Gasteiger charge is -2.20. The van der Waals surface area contributed by atoms with Crippen LogP contribution in [0.2, 0.25) is 0 Å². The third-order valence-corrected chi connectivity index (χ3v) is 4.50. The molecule has 0 saturated heterocycles. The third-order valence-electron chi connectivity index (χ3n) is 3.51. The first-order valence-corrected chi connectivity index (χ1v) is 7.63. The van der Waals surface area contributed by atoms with E-state index in [1.165, 1.54) is 25.5 Å². The normalized spacial score (nSPS) is 12.5. The first kappa shape index (κ1) is 13.5. The summed E-state index contributed by atoms with van der Waals surface area (Å²) in [7, 11) is 2.00. The number of nitrogens with zero attached hydrogens (tertiary/aromatic N) is 1. The Bertz CT molecular complexity index is 734. The predicted octanol–water partition coefficient (Wildman–Crippen LogP) is 4.15. The molecule has 3 aromatic rings. The quantitative estimate of drug-likeness (QED) is 0.697. The van der Waals surface area contributed by atoms with E-state index in [0.717, 1.165) is 0 Å². The molecule has 1 unspecified atom stereocenters. The topological polar surface area (TPSA) is 24.9 Å². The lowest BCUT2D eigenvalue weighted by atomic mass is 9.96. The molecule has 2 nitrogen and oxygen atoms in total. The first-order valence-electron chi connectivity index (χ1n) is 6.55. The van der Waals surface area contributed by atoms with Gasteiger partial charge in [0.2, 0.25) is 0 Å². The Kier molecular flexibility index (Phi) is 3.98. The molecule has 0 fully saturated rings. The van der Waals surface area contributed by atoms with Crippen molar-refractivity contribution in [1.82, 2.24) is 10.3 Å². The molecule has 20 heavy (non-hydrogen) atoms. The van der Waals surface area contributed by atoms with E-state index in [-0.39, 0.29) is 6.04 Å². The number of hydrogen-bond donors (Lipinski definition) is 1. The van der Waals surface area contributed by atoms with Crippen molar-refractivity contribution in [1.29, 1.82) is 0 Å². The highest BCUT2D eigenvalue weighted by Crippen LogP contribution is 2.30. The van der Waals surface area contributed by atoms with Crippen molar-refractivity contribution in [3.05, 3.63) is 75.6 Å². The fraction of sp³-hybridized carbons (Fsp3) is 0.118. The van der Waals surface area contributed by atoms with Crippen LogP contribution in [0.1, 0.15) is 17.2 Å². The zero-order chi connectivity index (χ0) is 13.9. The standard InChI is InChI=1S/C17H15IN2/c1-19-17(14-8-4-5-9-16(14)18)15-11-20-10-12-6-2-3-7-13(12)15/h2-11,17,19H,1H3. The van der Waals surface area contributed by atoms with Gasteiger partial charge in [-0.3, -0.25) is 4.98 Å². The van der Waals surface area contributed by atoms with E-state index >= 15 is 0 Å². The van der Waals surface area contributed by atoms with Crippen LogP contribution in [0, 0.1) is 3.57 Å². The predicted molar refractivity (Wildman–Crippen MR) is 91.8 cm³/mol. The maximum Gasteiger partial charge on any atom is 0.0606 e. The highest BCUT2D eigenvalue weighted by atomic mass is 127. The molecular formula is C17H15IN2. The van der Waals surface area contributed by atoms with E-state index in [1.54, 1.807) is 0 Å². The number of benzene rings is 2. The van der Waals surface area contributed by atoms with Gasteiger partial charge in [-0.15, -0.1) is 0 Å². The molecule has 1 heterocycles. The Balaban J connectivity index is 2.20.